The molecule has 2 aliphatic rings. The van der Waals surface area contributed by atoms with Crippen LogP contribution >= 0.6 is 0 Å². The topological polar surface area (TPSA) is 61.0 Å². The van der Waals surface area contributed by atoms with Gasteiger partial charge in [-0.05, 0) is 26.2 Å². The Kier molecular flexibility index (Phi) is 3.07. The van der Waals surface area contributed by atoms with Crippen molar-refractivity contribution in [3.8, 4) is 0 Å². The molecular weight excluding hydrogens is 228 g/mol. The number of aromatic nitrogens is 2. The van der Waals surface area contributed by atoms with Gasteiger partial charge < -0.3 is 10.2 Å². The molecule has 1 fully saturated rings. The van der Waals surface area contributed by atoms with Crippen molar-refractivity contribution in [3.05, 3.63) is 17.0 Å². The number of nitrogens with zero attached hydrogens (tertiary/aromatic N) is 2. The lowest BCUT2D eigenvalue weighted by atomic mass is 10.0. The van der Waals surface area contributed by atoms with Crippen molar-refractivity contribution in [2.45, 2.75) is 45.2 Å². The first-order valence-corrected chi connectivity index (χ1v) is 6.85. The summed E-state index contributed by atoms with van der Waals surface area (Å²) in [6.07, 6.45) is 4.38. The van der Waals surface area contributed by atoms with E-state index >= 15 is 0 Å². The Bertz CT molecular complexity index is 454. The number of fused-ring (bicyclic) bond motifs is 1. The molecular formula is C13H20N4O. The number of carbonyl (C=O) groups excluding carboxylic acids is 1. The van der Waals surface area contributed by atoms with Crippen LogP contribution in [0.5, 0.6) is 0 Å². The standard InChI is InChI=1S/C13H20N4O/c1-9-4-2-3-7-17(9)13(18)12-10-8-14-6-5-11(10)15-16-12/h9,14H,2-8H2,1H3,(H,15,16)/t9-/m1/s1. The first-order valence-electron chi connectivity index (χ1n) is 6.85. The summed E-state index contributed by atoms with van der Waals surface area (Å²) < 4.78 is 0. The van der Waals surface area contributed by atoms with Crippen LogP contribution in [0.2, 0.25) is 0 Å². The third-order valence-electron chi connectivity index (χ3n) is 4.07. The maximum Gasteiger partial charge on any atom is 0.274 e. The first kappa shape index (κ1) is 11.7. The zero-order valence-corrected chi connectivity index (χ0v) is 10.8. The summed E-state index contributed by atoms with van der Waals surface area (Å²) in [4.78, 5) is 14.5. The number of hydrogen-bond donors (Lipinski definition) is 2. The van der Waals surface area contributed by atoms with Crippen molar-refractivity contribution < 1.29 is 4.79 Å². The van der Waals surface area contributed by atoms with E-state index in [9.17, 15) is 4.79 Å². The van der Waals surface area contributed by atoms with Crippen LogP contribution in [0.1, 0.15) is 47.9 Å². The van der Waals surface area contributed by atoms with Crippen molar-refractivity contribution in [3.63, 3.8) is 0 Å². The highest BCUT2D eigenvalue weighted by Crippen LogP contribution is 2.22. The maximum absolute atomic E-state index is 12.6. The molecule has 1 saturated heterocycles. The number of aromatic amines is 1. The van der Waals surface area contributed by atoms with Gasteiger partial charge in [0, 0.05) is 43.4 Å². The number of amides is 1. The molecule has 1 aromatic rings. The summed E-state index contributed by atoms with van der Waals surface area (Å²) in [6.45, 7) is 4.72. The summed E-state index contributed by atoms with van der Waals surface area (Å²) >= 11 is 0. The minimum absolute atomic E-state index is 0.100. The van der Waals surface area contributed by atoms with E-state index in [1.807, 2.05) is 4.90 Å². The molecule has 0 unspecified atom stereocenters. The van der Waals surface area contributed by atoms with Gasteiger partial charge in [0.05, 0.1) is 0 Å². The van der Waals surface area contributed by atoms with Crippen LogP contribution in [0.3, 0.4) is 0 Å². The quantitative estimate of drug-likeness (QED) is 0.781. The second kappa shape index (κ2) is 4.72. The van der Waals surface area contributed by atoms with Crippen molar-refractivity contribution in [1.82, 2.24) is 20.4 Å². The van der Waals surface area contributed by atoms with Crippen molar-refractivity contribution in [1.29, 1.82) is 0 Å². The van der Waals surface area contributed by atoms with Crippen LogP contribution in [-0.2, 0) is 13.0 Å². The minimum Gasteiger partial charge on any atom is -0.335 e. The molecule has 98 valence electrons. The molecule has 18 heavy (non-hydrogen) atoms. The number of carbonyl (C=O) groups is 1. The van der Waals surface area contributed by atoms with Gasteiger partial charge in [-0.15, -0.1) is 0 Å². The van der Waals surface area contributed by atoms with Gasteiger partial charge in [-0.1, -0.05) is 0 Å². The Hall–Kier alpha value is -1.36. The van der Waals surface area contributed by atoms with E-state index in [-0.39, 0.29) is 5.91 Å². The van der Waals surface area contributed by atoms with E-state index < -0.39 is 0 Å². The predicted octanol–water partition coefficient (Wildman–Crippen LogP) is 1.07. The molecule has 5 heteroatoms. The lowest BCUT2D eigenvalue weighted by Gasteiger charge is -2.33. The average Bonchev–Trinajstić information content (AvgIpc) is 2.82. The largest absolute Gasteiger partial charge is 0.335 e. The van der Waals surface area contributed by atoms with Crippen LogP contribution < -0.4 is 5.32 Å². The Labute approximate surface area is 107 Å². The van der Waals surface area contributed by atoms with E-state index in [4.69, 9.17) is 0 Å². The summed E-state index contributed by atoms with van der Waals surface area (Å²) in [7, 11) is 0. The normalized spacial score (nSPS) is 23.8. The monoisotopic (exact) mass is 248 g/mol. The van der Waals surface area contributed by atoms with Gasteiger partial charge in [0.25, 0.3) is 5.91 Å². The second-order valence-electron chi connectivity index (χ2n) is 5.30. The lowest BCUT2D eigenvalue weighted by Crippen LogP contribution is -2.42. The number of H-pyrrole nitrogens is 1. The molecule has 1 amide bonds. The molecule has 3 heterocycles. The van der Waals surface area contributed by atoms with Gasteiger partial charge in [0.1, 0.15) is 0 Å². The van der Waals surface area contributed by atoms with Gasteiger partial charge in [0.2, 0.25) is 0 Å². The molecule has 1 atom stereocenters. The van der Waals surface area contributed by atoms with Crippen LogP contribution in [-0.4, -0.2) is 40.1 Å². The third kappa shape index (κ3) is 1.92. The van der Waals surface area contributed by atoms with E-state index in [1.54, 1.807) is 0 Å². The molecule has 0 aliphatic carbocycles. The van der Waals surface area contributed by atoms with Crippen molar-refractivity contribution >= 4 is 5.91 Å². The Morgan fingerprint density at radius 1 is 1.44 bits per heavy atom. The summed E-state index contributed by atoms with van der Waals surface area (Å²) in [5, 5.41) is 10.6. The van der Waals surface area contributed by atoms with Gasteiger partial charge in [-0.2, -0.15) is 5.10 Å². The van der Waals surface area contributed by atoms with E-state index in [0.717, 1.165) is 50.2 Å². The van der Waals surface area contributed by atoms with Crippen LogP contribution in [0.15, 0.2) is 0 Å². The zero-order valence-electron chi connectivity index (χ0n) is 10.8. The number of rotatable bonds is 1. The number of nitrogens with one attached hydrogen (secondary N) is 2. The van der Waals surface area contributed by atoms with Gasteiger partial charge in [-0.25, -0.2) is 0 Å². The Balaban J connectivity index is 1.85. The highest BCUT2D eigenvalue weighted by Gasteiger charge is 2.29. The van der Waals surface area contributed by atoms with Gasteiger partial charge in [-0.3, -0.25) is 9.89 Å². The third-order valence-corrected chi connectivity index (χ3v) is 4.07. The second-order valence-corrected chi connectivity index (χ2v) is 5.30. The average molecular weight is 248 g/mol. The Morgan fingerprint density at radius 3 is 3.17 bits per heavy atom. The van der Waals surface area contributed by atoms with E-state index in [2.05, 4.69) is 22.4 Å². The Morgan fingerprint density at radius 2 is 2.33 bits per heavy atom. The highest BCUT2D eigenvalue weighted by molar-refractivity contribution is 5.94. The van der Waals surface area contributed by atoms with Crippen LogP contribution in [0, 0.1) is 0 Å². The zero-order chi connectivity index (χ0) is 12.5. The SMILES string of the molecule is C[C@@H]1CCCCN1C(=O)c1n[nH]c2c1CNCC2. The summed E-state index contributed by atoms with van der Waals surface area (Å²) in [6, 6.07) is 0.343. The molecule has 0 saturated carbocycles. The fraction of sp³-hybridized carbons (Fsp3) is 0.692. The van der Waals surface area contributed by atoms with Crippen molar-refractivity contribution in [2.24, 2.45) is 0 Å². The van der Waals surface area contributed by atoms with E-state index in [1.165, 1.54) is 6.42 Å². The number of likely N-dealkylation sites (tertiary alicyclic amines) is 1. The molecule has 0 aromatic carbocycles. The van der Waals surface area contributed by atoms with Crippen LogP contribution in [0.25, 0.3) is 0 Å². The molecule has 0 radical (unpaired) electrons. The molecule has 1 aromatic heterocycles. The van der Waals surface area contributed by atoms with Gasteiger partial charge >= 0.3 is 0 Å². The molecule has 2 aliphatic heterocycles. The molecule has 3 rings (SSSR count). The van der Waals surface area contributed by atoms with Crippen LogP contribution in [0.4, 0.5) is 0 Å². The summed E-state index contributed by atoms with van der Waals surface area (Å²) in [5.41, 5.74) is 2.83. The first-order chi connectivity index (χ1) is 8.77. The fourth-order valence-electron chi connectivity index (χ4n) is 2.94. The smallest absolute Gasteiger partial charge is 0.274 e. The van der Waals surface area contributed by atoms with E-state index in [0.29, 0.717) is 11.7 Å². The molecule has 2 N–H and O–H groups in total. The van der Waals surface area contributed by atoms with Crippen molar-refractivity contribution in [2.75, 3.05) is 13.1 Å². The summed E-state index contributed by atoms with van der Waals surface area (Å²) in [5.74, 6) is 0.100. The fourth-order valence-corrected chi connectivity index (χ4v) is 2.94. The number of piperidine rings is 1. The molecule has 5 nitrogen and oxygen atoms in total. The minimum atomic E-state index is 0.100. The molecule has 0 bridgehead atoms. The van der Waals surface area contributed by atoms with Gasteiger partial charge in [0.15, 0.2) is 5.69 Å². The number of hydrogen-bond acceptors (Lipinski definition) is 3. The highest BCUT2D eigenvalue weighted by atomic mass is 16.2. The molecule has 0 spiro atoms. The predicted molar refractivity (Wildman–Crippen MR) is 68.3 cm³/mol. The lowest BCUT2D eigenvalue weighted by molar-refractivity contribution is 0.0628. The maximum atomic E-state index is 12.6.